The van der Waals surface area contributed by atoms with E-state index in [1.165, 1.54) is 0 Å². The average Bonchev–Trinajstić information content (AvgIpc) is 3.08. The number of carbonyl (C=O) groups is 1. The molecular formula is C20H21F2N3O2. The van der Waals surface area contributed by atoms with Crippen LogP contribution in [0.1, 0.15) is 28.4 Å². The van der Waals surface area contributed by atoms with Crippen molar-refractivity contribution >= 4 is 16.8 Å². The Morgan fingerprint density at radius 2 is 2.00 bits per heavy atom. The second-order valence-corrected chi connectivity index (χ2v) is 6.30. The largest absolute Gasteiger partial charge is 0.394 e. The number of aliphatic hydroxyl groups excluding tert-OH is 1. The standard InChI is InChI=1S/C20H21F2N3O2/c21-15-3-4-17(22)16(11-15)18(12-26)24-20(27)14-2-5-19-13(10-14)6-9-25(19)8-1-7-23/h2-6,9-11,18,26H,1,7-8,12,23H2,(H,24,27). The first-order valence-electron chi connectivity index (χ1n) is 8.69. The summed E-state index contributed by atoms with van der Waals surface area (Å²) >= 11 is 0. The van der Waals surface area contributed by atoms with Crippen molar-refractivity contribution < 1.29 is 18.7 Å². The third kappa shape index (κ3) is 4.15. The van der Waals surface area contributed by atoms with Gasteiger partial charge in [-0.1, -0.05) is 0 Å². The SMILES string of the molecule is NCCCn1ccc2cc(C(=O)NC(CO)c3cc(F)ccc3F)ccc21. The van der Waals surface area contributed by atoms with Crippen LogP contribution in [0.2, 0.25) is 0 Å². The van der Waals surface area contributed by atoms with Gasteiger partial charge < -0.3 is 20.7 Å². The molecule has 4 N–H and O–H groups in total. The highest BCUT2D eigenvalue weighted by Gasteiger charge is 2.19. The molecule has 0 radical (unpaired) electrons. The zero-order chi connectivity index (χ0) is 19.4. The van der Waals surface area contributed by atoms with Gasteiger partial charge in [-0.2, -0.15) is 0 Å². The van der Waals surface area contributed by atoms with Crippen molar-refractivity contribution in [3.8, 4) is 0 Å². The van der Waals surface area contributed by atoms with Crippen molar-refractivity contribution in [2.24, 2.45) is 5.73 Å². The summed E-state index contributed by atoms with van der Waals surface area (Å²) in [6, 6.07) is 8.99. The minimum Gasteiger partial charge on any atom is -0.394 e. The molecule has 1 amide bonds. The van der Waals surface area contributed by atoms with Crippen molar-refractivity contribution in [2.45, 2.75) is 19.0 Å². The fraction of sp³-hybridized carbons (Fsp3) is 0.250. The summed E-state index contributed by atoms with van der Waals surface area (Å²) in [5.74, 6) is -1.81. The first-order valence-corrected chi connectivity index (χ1v) is 8.69. The Bertz CT molecular complexity index is 956. The van der Waals surface area contributed by atoms with Gasteiger partial charge >= 0.3 is 0 Å². The van der Waals surface area contributed by atoms with E-state index in [9.17, 15) is 18.7 Å². The van der Waals surface area contributed by atoms with Crippen molar-refractivity contribution in [1.82, 2.24) is 9.88 Å². The van der Waals surface area contributed by atoms with Crippen LogP contribution in [0.5, 0.6) is 0 Å². The second kappa shape index (κ2) is 8.28. The average molecular weight is 373 g/mol. The van der Waals surface area contributed by atoms with Gasteiger partial charge in [0.2, 0.25) is 0 Å². The van der Waals surface area contributed by atoms with Crippen LogP contribution in [-0.4, -0.2) is 28.7 Å². The fourth-order valence-electron chi connectivity index (χ4n) is 3.04. The topological polar surface area (TPSA) is 80.3 Å². The Balaban J connectivity index is 1.81. The van der Waals surface area contributed by atoms with Crippen LogP contribution in [0, 0.1) is 11.6 Å². The normalized spacial score (nSPS) is 12.3. The van der Waals surface area contributed by atoms with Gasteiger partial charge in [0.05, 0.1) is 12.6 Å². The molecule has 1 unspecified atom stereocenters. The van der Waals surface area contributed by atoms with Gasteiger partial charge in [0, 0.05) is 34.8 Å². The Morgan fingerprint density at radius 3 is 2.74 bits per heavy atom. The molecule has 0 spiro atoms. The molecule has 1 aromatic heterocycles. The number of carbonyl (C=O) groups excluding carboxylic acids is 1. The molecule has 2 aromatic carbocycles. The van der Waals surface area contributed by atoms with E-state index in [0.717, 1.165) is 42.1 Å². The van der Waals surface area contributed by atoms with Crippen molar-refractivity contribution in [3.05, 3.63) is 71.4 Å². The van der Waals surface area contributed by atoms with Gasteiger partial charge in [0.1, 0.15) is 11.6 Å². The number of benzene rings is 2. The van der Waals surface area contributed by atoms with E-state index in [1.54, 1.807) is 12.1 Å². The monoisotopic (exact) mass is 373 g/mol. The molecule has 7 heteroatoms. The third-order valence-corrected chi connectivity index (χ3v) is 4.46. The molecule has 0 aliphatic carbocycles. The molecule has 27 heavy (non-hydrogen) atoms. The molecule has 0 saturated heterocycles. The lowest BCUT2D eigenvalue weighted by Crippen LogP contribution is -2.31. The van der Waals surface area contributed by atoms with E-state index in [0.29, 0.717) is 12.1 Å². The van der Waals surface area contributed by atoms with E-state index in [1.807, 2.05) is 18.3 Å². The second-order valence-electron chi connectivity index (χ2n) is 6.30. The van der Waals surface area contributed by atoms with Gasteiger partial charge in [-0.25, -0.2) is 8.78 Å². The molecule has 5 nitrogen and oxygen atoms in total. The Morgan fingerprint density at radius 1 is 1.19 bits per heavy atom. The first kappa shape index (κ1) is 19.0. The Hall–Kier alpha value is -2.77. The molecule has 3 aromatic rings. The molecule has 142 valence electrons. The number of rotatable bonds is 7. The molecule has 0 bridgehead atoms. The summed E-state index contributed by atoms with van der Waals surface area (Å²) in [5, 5.41) is 13.0. The molecule has 1 heterocycles. The van der Waals surface area contributed by atoms with E-state index in [2.05, 4.69) is 9.88 Å². The van der Waals surface area contributed by atoms with Gasteiger partial charge in [-0.05, 0) is 55.4 Å². The summed E-state index contributed by atoms with van der Waals surface area (Å²) in [7, 11) is 0. The molecule has 0 aliphatic rings. The molecule has 3 rings (SSSR count). The maximum Gasteiger partial charge on any atom is 0.251 e. The zero-order valence-electron chi connectivity index (χ0n) is 14.7. The van der Waals surface area contributed by atoms with Crippen LogP contribution in [0.4, 0.5) is 8.78 Å². The molecular weight excluding hydrogens is 352 g/mol. The van der Waals surface area contributed by atoms with Crippen LogP contribution >= 0.6 is 0 Å². The van der Waals surface area contributed by atoms with Gasteiger partial charge in [0.15, 0.2) is 0 Å². The summed E-state index contributed by atoms with van der Waals surface area (Å²) in [6.45, 7) is 0.833. The smallest absolute Gasteiger partial charge is 0.251 e. The highest BCUT2D eigenvalue weighted by Crippen LogP contribution is 2.21. The molecule has 0 aliphatic heterocycles. The highest BCUT2D eigenvalue weighted by molar-refractivity contribution is 5.98. The number of aromatic nitrogens is 1. The summed E-state index contributed by atoms with van der Waals surface area (Å²) < 4.78 is 29.4. The predicted octanol–water partition coefficient (Wildman–Crippen LogP) is 2.73. The maximum absolute atomic E-state index is 13.9. The number of aliphatic hydroxyl groups is 1. The van der Waals surface area contributed by atoms with Gasteiger partial charge in [-0.15, -0.1) is 0 Å². The van der Waals surface area contributed by atoms with Crippen molar-refractivity contribution in [3.63, 3.8) is 0 Å². The number of nitrogens with zero attached hydrogens (tertiary/aromatic N) is 1. The first-order chi connectivity index (χ1) is 13.0. The van der Waals surface area contributed by atoms with Crippen LogP contribution in [0.3, 0.4) is 0 Å². The predicted molar refractivity (Wildman–Crippen MR) is 99.3 cm³/mol. The fourth-order valence-corrected chi connectivity index (χ4v) is 3.04. The summed E-state index contributed by atoms with van der Waals surface area (Å²) in [4.78, 5) is 12.5. The Kier molecular flexibility index (Phi) is 5.83. The molecule has 0 saturated carbocycles. The van der Waals surface area contributed by atoms with Gasteiger partial charge in [0.25, 0.3) is 5.91 Å². The van der Waals surface area contributed by atoms with E-state index in [4.69, 9.17) is 5.73 Å². The van der Waals surface area contributed by atoms with Crippen LogP contribution < -0.4 is 11.1 Å². The number of fused-ring (bicyclic) bond motifs is 1. The summed E-state index contributed by atoms with van der Waals surface area (Å²) in [6.07, 6.45) is 2.78. The van der Waals surface area contributed by atoms with Crippen molar-refractivity contribution in [1.29, 1.82) is 0 Å². The zero-order valence-corrected chi connectivity index (χ0v) is 14.7. The van der Waals surface area contributed by atoms with E-state index >= 15 is 0 Å². The maximum atomic E-state index is 13.9. The number of hydrogen-bond acceptors (Lipinski definition) is 3. The molecule has 0 fully saturated rings. The van der Waals surface area contributed by atoms with E-state index < -0.39 is 30.2 Å². The number of halogens is 2. The van der Waals surface area contributed by atoms with E-state index in [-0.39, 0.29) is 5.56 Å². The molecule has 1 atom stereocenters. The minimum atomic E-state index is -1.04. The third-order valence-electron chi connectivity index (χ3n) is 4.46. The highest BCUT2D eigenvalue weighted by atomic mass is 19.1. The number of aryl methyl sites for hydroxylation is 1. The number of hydrogen-bond donors (Lipinski definition) is 3. The number of amides is 1. The number of nitrogens with one attached hydrogen (secondary N) is 1. The minimum absolute atomic E-state index is 0.0973. The lowest BCUT2D eigenvalue weighted by atomic mass is 10.1. The van der Waals surface area contributed by atoms with Crippen LogP contribution in [0.25, 0.3) is 10.9 Å². The van der Waals surface area contributed by atoms with Crippen molar-refractivity contribution in [2.75, 3.05) is 13.2 Å². The van der Waals surface area contributed by atoms with Crippen LogP contribution in [0.15, 0.2) is 48.7 Å². The Labute approximate surface area is 155 Å². The lowest BCUT2D eigenvalue weighted by Gasteiger charge is -2.17. The lowest BCUT2D eigenvalue weighted by molar-refractivity contribution is 0.0915. The summed E-state index contributed by atoms with van der Waals surface area (Å²) in [5.41, 5.74) is 6.80. The quantitative estimate of drug-likeness (QED) is 0.596. The number of nitrogens with two attached hydrogens (primary N) is 1. The van der Waals surface area contributed by atoms with Gasteiger partial charge in [-0.3, -0.25) is 4.79 Å². The van der Waals surface area contributed by atoms with Crippen LogP contribution in [-0.2, 0) is 6.54 Å².